The Bertz CT molecular complexity index is 509. The number of rotatable bonds is 6. The van der Waals surface area contributed by atoms with E-state index in [1.807, 2.05) is 18.9 Å². The smallest absolute Gasteiger partial charge is 0.310 e. The van der Waals surface area contributed by atoms with Gasteiger partial charge in [-0.05, 0) is 24.0 Å². The highest BCUT2D eigenvalue weighted by atomic mass is 127. The molecule has 0 radical (unpaired) electrons. The van der Waals surface area contributed by atoms with Crippen LogP contribution in [-0.2, 0) is 16.1 Å². The van der Waals surface area contributed by atoms with Crippen molar-refractivity contribution in [2.24, 2.45) is 10.9 Å². The lowest BCUT2D eigenvalue weighted by molar-refractivity contribution is -0.144. The summed E-state index contributed by atoms with van der Waals surface area (Å²) in [5, 5.41) is 3.20. The normalized spacial score (nSPS) is 12.1. The van der Waals surface area contributed by atoms with Crippen molar-refractivity contribution in [3.8, 4) is 0 Å². The summed E-state index contributed by atoms with van der Waals surface area (Å²) in [5.74, 6) is 0.318. The lowest BCUT2D eigenvalue weighted by atomic mass is 10.2. The molecule has 1 unspecified atom stereocenters. The molecule has 1 aromatic carbocycles. The van der Waals surface area contributed by atoms with E-state index in [4.69, 9.17) is 4.74 Å². The van der Waals surface area contributed by atoms with E-state index >= 15 is 0 Å². The predicted octanol–water partition coefficient (Wildman–Crippen LogP) is 2.84. The average molecular weight is 451 g/mol. The summed E-state index contributed by atoms with van der Waals surface area (Å²) in [4.78, 5) is 18.9. The highest BCUT2D eigenvalue weighted by Crippen LogP contribution is 2.15. The third kappa shape index (κ3) is 7.43. The molecule has 1 atom stereocenters. The molecule has 130 valence electrons. The van der Waals surface area contributed by atoms with Gasteiger partial charge >= 0.3 is 5.97 Å². The molecule has 0 heterocycles. The monoisotopic (exact) mass is 451 g/mol. The van der Waals surface area contributed by atoms with Gasteiger partial charge in [0.1, 0.15) is 0 Å². The van der Waals surface area contributed by atoms with Gasteiger partial charge in [0.15, 0.2) is 5.96 Å². The summed E-state index contributed by atoms with van der Waals surface area (Å²) in [6, 6.07) is 8.46. The number of thioether (sulfide) groups is 1. The molecule has 0 aliphatic carbocycles. The first kappa shape index (κ1) is 22.0. The zero-order valence-electron chi connectivity index (χ0n) is 14.3. The van der Waals surface area contributed by atoms with Gasteiger partial charge in [0.25, 0.3) is 0 Å². The molecule has 0 fully saturated rings. The molecule has 0 saturated carbocycles. The van der Waals surface area contributed by atoms with Gasteiger partial charge in [0, 0.05) is 32.1 Å². The first-order valence-corrected chi connectivity index (χ1v) is 8.36. The number of guanidine groups is 1. The van der Waals surface area contributed by atoms with Gasteiger partial charge in [-0.3, -0.25) is 9.79 Å². The van der Waals surface area contributed by atoms with Gasteiger partial charge in [-0.15, -0.1) is 35.7 Å². The van der Waals surface area contributed by atoms with Crippen molar-refractivity contribution >= 4 is 47.7 Å². The fourth-order valence-electron chi connectivity index (χ4n) is 1.99. The van der Waals surface area contributed by atoms with Gasteiger partial charge in [-0.25, -0.2) is 0 Å². The number of benzene rings is 1. The molecular formula is C16H26IN3O2S. The van der Waals surface area contributed by atoms with Gasteiger partial charge in [-0.2, -0.15) is 0 Å². The van der Waals surface area contributed by atoms with Crippen molar-refractivity contribution in [2.75, 3.05) is 34.0 Å². The lowest BCUT2D eigenvalue weighted by Gasteiger charge is -2.23. The molecule has 0 aliphatic heterocycles. The van der Waals surface area contributed by atoms with Gasteiger partial charge < -0.3 is 15.0 Å². The quantitative estimate of drug-likeness (QED) is 0.237. The van der Waals surface area contributed by atoms with Crippen molar-refractivity contribution in [3.05, 3.63) is 29.8 Å². The molecule has 0 aromatic heterocycles. The SMILES string of the molecule is CN=C(NCC(C)C(=O)OC)N(C)Cc1ccc(SC)cc1.I. The molecule has 23 heavy (non-hydrogen) atoms. The summed E-state index contributed by atoms with van der Waals surface area (Å²) >= 11 is 1.73. The third-order valence-corrected chi connectivity index (χ3v) is 4.07. The molecule has 7 heteroatoms. The van der Waals surface area contributed by atoms with Crippen LogP contribution in [0.4, 0.5) is 0 Å². The highest BCUT2D eigenvalue weighted by molar-refractivity contribution is 14.0. The molecule has 1 N–H and O–H groups in total. The minimum atomic E-state index is -0.224. The second kappa shape index (κ2) is 11.6. The van der Waals surface area contributed by atoms with Crippen LogP contribution in [0.3, 0.4) is 0 Å². The Morgan fingerprint density at radius 1 is 1.39 bits per heavy atom. The van der Waals surface area contributed by atoms with Crippen molar-refractivity contribution in [3.63, 3.8) is 0 Å². The van der Waals surface area contributed by atoms with Crippen LogP contribution in [0, 0.1) is 5.92 Å². The molecule has 0 bridgehead atoms. The second-order valence-corrected chi connectivity index (χ2v) is 5.94. The Kier molecular flexibility index (Phi) is 11.1. The molecule has 1 rings (SSSR count). The molecule has 0 spiro atoms. The van der Waals surface area contributed by atoms with Crippen LogP contribution in [0.15, 0.2) is 34.2 Å². The Hall–Kier alpha value is -0.960. The summed E-state index contributed by atoms with van der Waals surface area (Å²) in [6.07, 6.45) is 2.06. The van der Waals surface area contributed by atoms with Crippen LogP contribution in [0.2, 0.25) is 0 Å². The Morgan fingerprint density at radius 2 is 2.00 bits per heavy atom. The van der Waals surface area contributed by atoms with E-state index in [1.54, 1.807) is 18.8 Å². The number of nitrogens with zero attached hydrogens (tertiary/aromatic N) is 2. The number of halogens is 1. The summed E-state index contributed by atoms with van der Waals surface area (Å²) in [7, 11) is 5.11. The number of nitrogens with one attached hydrogen (secondary N) is 1. The van der Waals surface area contributed by atoms with E-state index < -0.39 is 0 Å². The van der Waals surface area contributed by atoms with E-state index in [2.05, 4.69) is 40.8 Å². The third-order valence-electron chi connectivity index (χ3n) is 3.32. The van der Waals surface area contributed by atoms with E-state index in [1.165, 1.54) is 17.6 Å². The van der Waals surface area contributed by atoms with Gasteiger partial charge in [-0.1, -0.05) is 19.1 Å². The number of hydrogen-bond acceptors (Lipinski definition) is 4. The minimum absolute atomic E-state index is 0. The first-order chi connectivity index (χ1) is 10.5. The topological polar surface area (TPSA) is 53.9 Å². The maximum atomic E-state index is 11.4. The van der Waals surface area contributed by atoms with Crippen molar-refractivity contribution in [1.29, 1.82) is 0 Å². The second-order valence-electron chi connectivity index (χ2n) is 5.06. The zero-order chi connectivity index (χ0) is 16.5. The van der Waals surface area contributed by atoms with Crippen molar-refractivity contribution < 1.29 is 9.53 Å². The molecular weight excluding hydrogens is 425 g/mol. The number of carbonyl (C=O) groups excluding carboxylic acids is 1. The standard InChI is InChI=1S/C16H25N3O2S.HI/c1-12(15(20)21-4)10-18-16(17-2)19(3)11-13-6-8-14(22-5)9-7-13;/h6-9,12H,10-11H2,1-5H3,(H,17,18);1H. The molecule has 5 nitrogen and oxygen atoms in total. The number of methoxy groups -OCH3 is 1. The van der Waals surface area contributed by atoms with Crippen LogP contribution in [0.5, 0.6) is 0 Å². The summed E-state index contributed by atoms with van der Waals surface area (Å²) < 4.78 is 4.72. The van der Waals surface area contributed by atoms with Crippen LogP contribution < -0.4 is 5.32 Å². The summed E-state index contributed by atoms with van der Waals surface area (Å²) in [6.45, 7) is 3.07. The fourth-order valence-corrected chi connectivity index (χ4v) is 2.40. The first-order valence-electron chi connectivity index (χ1n) is 7.14. The van der Waals surface area contributed by atoms with Crippen LogP contribution in [0.1, 0.15) is 12.5 Å². The van der Waals surface area contributed by atoms with E-state index in [-0.39, 0.29) is 35.9 Å². The average Bonchev–Trinajstić information content (AvgIpc) is 2.55. The Labute approximate surface area is 160 Å². The number of aliphatic imine (C=N–C) groups is 1. The molecule has 0 amide bonds. The molecule has 0 saturated heterocycles. The summed E-state index contributed by atoms with van der Waals surface area (Å²) in [5.41, 5.74) is 1.21. The van der Waals surface area contributed by atoms with Gasteiger partial charge in [0.2, 0.25) is 0 Å². The number of hydrogen-bond donors (Lipinski definition) is 1. The zero-order valence-corrected chi connectivity index (χ0v) is 17.5. The number of carbonyl (C=O) groups is 1. The fraction of sp³-hybridized carbons (Fsp3) is 0.500. The maximum Gasteiger partial charge on any atom is 0.310 e. The van der Waals surface area contributed by atoms with E-state index in [0.29, 0.717) is 6.54 Å². The van der Waals surface area contributed by atoms with Crippen molar-refractivity contribution in [2.45, 2.75) is 18.4 Å². The van der Waals surface area contributed by atoms with Crippen molar-refractivity contribution in [1.82, 2.24) is 10.2 Å². The Morgan fingerprint density at radius 3 is 2.48 bits per heavy atom. The lowest BCUT2D eigenvalue weighted by Crippen LogP contribution is -2.41. The van der Waals surface area contributed by atoms with Crippen LogP contribution in [-0.4, -0.2) is 50.8 Å². The predicted molar refractivity (Wildman–Crippen MR) is 108 cm³/mol. The van der Waals surface area contributed by atoms with E-state index in [9.17, 15) is 4.79 Å². The van der Waals surface area contributed by atoms with E-state index in [0.717, 1.165) is 12.5 Å². The number of esters is 1. The highest BCUT2D eigenvalue weighted by Gasteiger charge is 2.14. The van der Waals surface area contributed by atoms with Crippen LogP contribution in [0.25, 0.3) is 0 Å². The number of ether oxygens (including phenoxy) is 1. The minimum Gasteiger partial charge on any atom is -0.469 e. The van der Waals surface area contributed by atoms with Gasteiger partial charge in [0.05, 0.1) is 13.0 Å². The largest absolute Gasteiger partial charge is 0.469 e. The van der Waals surface area contributed by atoms with Crippen LogP contribution >= 0.6 is 35.7 Å². The Balaban J connectivity index is 0.00000484. The molecule has 1 aromatic rings. The maximum absolute atomic E-state index is 11.4. The molecule has 0 aliphatic rings.